The lowest BCUT2D eigenvalue weighted by atomic mass is 10.3. The van der Waals surface area contributed by atoms with E-state index in [0.29, 0.717) is 11.0 Å². The fraction of sp³-hybridized carbons (Fsp3) is 0.133. The molecule has 1 aromatic carbocycles. The maximum absolute atomic E-state index is 6.02. The van der Waals surface area contributed by atoms with Crippen molar-refractivity contribution in [3.63, 3.8) is 0 Å². The Morgan fingerprint density at radius 2 is 2.05 bits per heavy atom. The first-order valence-corrected chi connectivity index (χ1v) is 6.88. The van der Waals surface area contributed by atoms with Crippen LogP contribution in [0.15, 0.2) is 42.7 Å². The molecule has 0 atom stereocenters. The van der Waals surface area contributed by atoms with E-state index in [4.69, 9.17) is 11.6 Å². The number of hydrogen-bond donors (Lipinski definition) is 1. The zero-order chi connectivity index (χ0) is 14.8. The van der Waals surface area contributed by atoms with E-state index in [1.54, 1.807) is 12.4 Å². The molecule has 0 fully saturated rings. The monoisotopic (exact) mass is 299 g/mol. The van der Waals surface area contributed by atoms with Crippen LogP contribution >= 0.6 is 11.6 Å². The second-order valence-corrected chi connectivity index (χ2v) is 5.12. The molecule has 0 radical (unpaired) electrons. The Kier molecular flexibility index (Phi) is 3.58. The number of aromatic nitrogens is 4. The van der Waals surface area contributed by atoms with Gasteiger partial charge < -0.3 is 5.32 Å². The first-order valence-electron chi connectivity index (χ1n) is 6.51. The first kappa shape index (κ1) is 13.6. The standard InChI is InChI=1S/C15H14ClN5/c1-10-6-7-17-15(19-10)20-14-9-18-21(11(14)2)13-5-3-4-12(16)8-13/h3-9H,1-2H3,(H,17,19,20). The normalized spacial score (nSPS) is 10.6. The summed E-state index contributed by atoms with van der Waals surface area (Å²) >= 11 is 6.02. The van der Waals surface area contributed by atoms with Gasteiger partial charge in [0.1, 0.15) is 0 Å². The summed E-state index contributed by atoms with van der Waals surface area (Å²) in [5.41, 5.74) is 3.65. The van der Waals surface area contributed by atoms with Gasteiger partial charge in [0.15, 0.2) is 0 Å². The molecule has 0 amide bonds. The highest BCUT2D eigenvalue weighted by Gasteiger charge is 2.09. The van der Waals surface area contributed by atoms with Crippen molar-refractivity contribution in [1.82, 2.24) is 19.7 Å². The third-order valence-electron chi connectivity index (χ3n) is 3.10. The minimum absolute atomic E-state index is 0.559. The molecule has 0 aliphatic carbocycles. The lowest BCUT2D eigenvalue weighted by Crippen LogP contribution is -2.01. The third kappa shape index (κ3) is 2.87. The van der Waals surface area contributed by atoms with Crippen LogP contribution in [0.4, 0.5) is 11.6 Å². The number of benzene rings is 1. The Labute approximate surface area is 127 Å². The summed E-state index contributed by atoms with van der Waals surface area (Å²) in [7, 11) is 0. The van der Waals surface area contributed by atoms with Gasteiger partial charge in [-0.25, -0.2) is 14.6 Å². The average molecular weight is 300 g/mol. The fourth-order valence-electron chi connectivity index (χ4n) is 2.03. The summed E-state index contributed by atoms with van der Waals surface area (Å²) in [6, 6.07) is 9.42. The van der Waals surface area contributed by atoms with E-state index in [-0.39, 0.29) is 0 Å². The fourth-order valence-corrected chi connectivity index (χ4v) is 2.21. The van der Waals surface area contributed by atoms with Gasteiger partial charge in [-0.1, -0.05) is 17.7 Å². The summed E-state index contributed by atoms with van der Waals surface area (Å²) in [5, 5.41) is 8.24. The van der Waals surface area contributed by atoms with E-state index in [9.17, 15) is 0 Å². The molecule has 6 heteroatoms. The van der Waals surface area contributed by atoms with Crippen molar-refractivity contribution < 1.29 is 0 Å². The van der Waals surface area contributed by atoms with E-state index < -0.39 is 0 Å². The Morgan fingerprint density at radius 1 is 1.19 bits per heavy atom. The number of anilines is 2. The smallest absolute Gasteiger partial charge is 0.227 e. The molecule has 0 saturated heterocycles. The minimum atomic E-state index is 0.559. The van der Waals surface area contributed by atoms with Gasteiger partial charge in [0, 0.05) is 16.9 Å². The second kappa shape index (κ2) is 5.54. The highest BCUT2D eigenvalue weighted by atomic mass is 35.5. The molecule has 3 aromatic rings. The summed E-state index contributed by atoms with van der Waals surface area (Å²) in [6.07, 6.45) is 3.48. The van der Waals surface area contributed by atoms with E-state index in [1.165, 1.54) is 0 Å². The molecule has 3 rings (SSSR count). The van der Waals surface area contributed by atoms with Crippen molar-refractivity contribution in [2.24, 2.45) is 0 Å². The molecular formula is C15H14ClN5. The third-order valence-corrected chi connectivity index (χ3v) is 3.34. The van der Waals surface area contributed by atoms with Crippen LogP contribution in [-0.4, -0.2) is 19.7 Å². The van der Waals surface area contributed by atoms with Crippen LogP contribution in [0.2, 0.25) is 5.02 Å². The van der Waals surface area contributed by atoms with Gasteiger partial charge in [-0.15, -0.1) is 0 Å². The molecule has 2 aromatic heterocycles. The SMILES string of the molecule is Cc1ccnc(Nc2cnn(-c3cccc(Cl)c3)c2C)n1. The minimum Gasteiger partial charge on any atom is -0.321 e. The van der Waals surface area contributed by atoms with Crippen LogP contribution in [0.3, 0.4) is 0 Å². The molecule has 106 valence electrons. The molecule has 0 aliphatic heterocycles. The molecule has 0 bridgehead atoms. The van der Waals surface area contributed by atoms with Gasteiger partial charge >= 0.3 is 0 Å². The van der Waals surface area contributed by atoms with Crippen LogP contribution in [0.5, 0.6) is 0 Å². The predicted molar refractivity (Wildman–Crippen MR) is 83.4 cm³/mol. The first-order chi connectivity index (χ1) is 10.1. The molecule has 0 aliphatic rings. The van der Waals surface area contributed by atoms with Gasteiger partial charge in [-0.05, 0) is 38.1 Å². The number of nitrogens with one attached hydrogen (secondary N) is 1. The highest BCUT2D eigenvalue weighted by Crippen LogP contribution is 2.22. The van der Waals surface area contributed by atoms with E-state index in [2.05, 4.69) is 20.4 Å². The molecule has 0 spiro atoms. The van der Waals surface area contributed by atoms with Crippen LogP contribution in [0, 0.1) is 13.8 Å². The quantitative estimate of drug-likeness (QED) is 0.801. The van der Waals surface area contributed by atoms with Crippen LogP contribution in [-0.2, 0) is 0 Å². The average Bonchev–Trinajstić information content (AvgIpc) is 2.80. The molecule has 21 heavy (non-hydrogen) atoms. The van der Waals surface area contributed by atoms with Gasteiger partial charge in [-0.3, -0.25) is 0 Å². The number of nitrogens with zero attached hydrogens (tertiary/aromatic N) is 4. The number of hydrogen-bond acceptors (Lipinski definition) is 4. The summed E-state index contributed by atoms with van der Waals surface area (Å²) < 4.78 is 1.82. The summed E-state index contributed by atoms with van der Waals surface area (Å²) in [5.74, 6) is 0.559. The van der Waals surface area contributed by atoms with Crippen LogP contribution < -0.4 is 5.32 Å². The van der Waals surface area contributed by atoms with E-state index in [1.807, 2.05) is 48.9 Å². The van der Waals surface area contributed by atoms with E-state index >= 15 is 0 Å². The van der Waals surface area contributed by atoms with Crippen molar-refractivity contribution >= 4 is 23.2 Å². The summed E-state index contributed by atoms with van der Waals surface area (Å²) in [6.45, 7) is 3.90. The highest BCUT2D eigenvalue weighted by molar-refractivity contribution is 6.30. The molecular weight excluding hydrogens is 286 g/mol. The topological polar surface area (TPSA) is 55.6 Å². The molecule has 1 N–H and O–H groups in total. The van der Waals surface area contributed by atoms with Crippen molar-refractivity contribution in [1.29, 1.82) is 0 Å². The molecule has 0 saturated carbocycles. The van der Waals surface area contributed by atoms with Crippen molar-refractivity contribution in [3.8, 4) is 5.69 Å². The van der Waals surface area contributed by atoms with Crippen molar-refractivity contribution in [2.45, 2.75) is 13.8 Å². The largest absolute Gasteiger partial charge is 0.321 e. The van der Waals surface area contributed by atoms with Crippen LogP contribution in [0.1, 0.15) is 11.4 Å². The predicted octanol–water partition coefficient (Wildman–Crippen LogP) is 3.68. The van der Waals surface area contributed by atoms with Gasteiger partial charge in [0.2, 0.25) is 5.95 Å². The van der Waals surface area contributed by atoms with Crippen molar-refractivity contribution in [3.05, 3.63) is 59.1 Å². The van der Waals surface area contributed by atoms with Gasteiger partial charge in [0.25, 0.3) is 0 Å². The number of halogens is 1. The maximum atomic E-state index is 6.02. The number of rotatable bonds is 3. The number of aryl methyl sites for hydroxylation is 1. The van der Waals surface area contributed by atoms with Crippen molar-refractivity contribution in [2.75, 3.05) is 5.32 Å². The van der Waals surface area contributed by atoms with Gasteiger partial charge in [-0.2, -0.15) is 5.10 Å². The van der Waals surface area contributed by atoms with Gasteiger partial charge in [0.05, 0.1) is 23.3 Å². The molecule has 5 nitrogen and oxygen atoms in total. The second-order valence-electron chi connectivity index (χ2n) is 4.68. The summed E-state index contributed by atoms with van der Waals surface area (Å²) in [4.78, 5) is 8.52. The Bertz CT molecular complexity index is 781. The van der Waals surface area contributed by atoms with E-state index in [0.717, 1.165) is 22.8 Å². The lowest BCUT2D eigenvalue weighted by molar-refractivity contribution is 0.847. The molecule has 2 heterocycles. The maximum Gasteiger partial charge on any atom is 0.227 e. The Balaban J connectivity index is 1.92. The van der Waals surface area contributed by atoms with Crippen LogP contribution in [0.25, 0.3) is 5.69 Å². The zero-order valence-corrected chi connectivity index (χ0v) is 12.5. The lowest BCUT2D eigenvalue weighted by Gasteiger charge is -2.07. The Hall–Kier alpha value is -2.40. The zero-order valence-electron chi connectivity index (χ0n) is 11.7. The molecule has 0 unspecified atom stereocenters. The Morgan fingerprint density at radius 3 is 2.81 bits per heavy atom.